The highest BCUT2D eigenvalue weighted by Crippen LogP contribution is 2.17. The highest BCUT2D eigenvalue weighted by Gasteiger charge is 2.05. The Hall–Kier alpha value is -2.21. The summed E-state index contributed by atoms with van der Waals surface area (Å²) in [5.74, 6) is 0. The van der Waals surface area contributed by atoms with Crippen LogP contribution in [0.5, 0.6) is 0 Å². The molecule has 0 spiro atoms. The van der Waals surface area contributed by atoms with Gasteiger partial charge in [0.1, 0.15) is 0 Å². The lowest BCUT2D eigenvalue weighted by molar-refractivity contribution is 0.563. The van der Waals surface area contributed by atoms with E-state index in [1.54, 1.807) is 12.5 Å². The first-order chi connectivity index (χ1) is 8.33. The predicted molar refractivity (Wildman–Crippen MR) is 66.6 cm³/mol. The lowest BCUT2D eigenvalue weighted by atomic mass is 10.2. The van der Waals surface area contributed by atoms with Crippen molar-refractivity contribution in [1.29, 1.82) is 5.26 Å². The van der Waals surface area contributed by atoms with Gasteiger partial charge in [0.05, 0.1) is 24.2 Å². The topological polar surface area (TPSA) is 40.2 Å². The van der Waals surface area contributed by atoms with E-state index in [9.17, 15) is 0 Å². The summed E-state index contributed by atoms with van der Waals surface area (Å²) in [7, 11) is 0. The summed E-state index contributed by atoms with van der Waals surface area (Å²) in [6.45, 7) is 3.84. The van der Waals surface area contributed by atoms with Crippen molar-refractivity contribution in [3.8, 4) is 6.07 Å². The molecule has 17 heavy (non-hydrogen) atoms. The molecule has 0 fully saturated rings. The molecular weight excluding hydrogens is 212 g/mol. The summed E-state index contributed by atoms with van der Waals surface area (Å²) in [6, 6.07) is 11.7. The smallest absolute Gasteiger partial charge is 0.0991 e. The molecule has 0 aliphatic carbocycles. The van der Waals surface area contributed by atoms with Crippen molar-refractivity contribution in [2.45, 2.75) is 13.5 Å². The summed E-state index contributed by atoms with van der Waals surface area (Å²) in [4.78, 5) is 2.23. The maximum atomic E-state index is 8.76. The highest BCUT2D eigenvalue weighted by molar-refractivity contribution is 5.49. The van der Waals surface area contributed by atoms with Gasteiger partial charge in [0.15, 0.2) is 0 Å². The van der Waals surface area contributed by atoms with Gasteiger partial charge in [-0.1, -0.05) is 0 Å². The van der Waals surface area contributed by atoms with E-state index in [-0.39, 0.29) is 0 Å². The number of benzene rings is 1. The van der Waals surface area contributed by atoms with Gasteiger partial charge in [-0.2, -0.15) is 5.26 Å². The van der Waals surface area contributed by atoms with Gasteiger partial charge in [0.25, 0.3) is 0 Å². The van der Waals surface area contributed by atoms with E-state index in [0.717, 1.165) is 24.3 Å². The molecule has 0 bridgehead atoms. The molecule has 3 nitrogen and oxygen atoms in total. The number of nitrogens with zero attached hydrogens (tertiary/aromatic N) is 2. The molecule has 2 rings (SSSR count). The Morgan fingerprint density at radius 3 is 2.53 bits per heavy atom. The standard InChI is InChI=1S/C14H14N2O/c1-2-16(10-13-7-8-17-11-13)14-5-3-12(9-15)4-6-14/h3-8,11H,2,10H2,1H3. The molecule has 1 aromatic carbocycles. The Morgan fingerprint density at radius 2 is 2.00 bits per heavy atom. The van der Waals surface area contributed by atoms with Gasteiger partial charge >= 0.3 is 0 Å². The summed E-state index contributed by atoms with van der Waals surface area (Å²) in [5, 5.41) is 8.76. The van der Waals surface area contributed by atoms with Crippen LogP contribution in [0.2, 0.25) is 0 Å². The summed E-state index contributed by atoms with van der Waals surface area (Å²) < 4.78 is 5.06. The average Bonchev–Trinajstić information content (AvgIpc) is 2.89. The number of rotatable bonds is 4. The minimum Gasteiger partial charge on any atom is -0.472 e. The highest BCUT2D eigenvalue weighted by atomic mass is 16.3. The van der Waals surface area contributed by atoms with Crippen molar-refractivity contribution in [3.63, 3.8) is 0 Å². The van der Waals surface area contributed by atoms with E-state index >= 15 is 0 Å². The fourth-order valence-corrected chi connectivity index (χ4v) is 1.74. The van der Waals surface area contributed by atoms with Gasteiger partial charge in [-0.05, 0) is 37.3 Å². The molecule has 0 saturated carbocycles. The van der Waals surface area contributed by atoms with Crippen LogP contribution in [0, 0.1) is 11.3 Å². The quantitative estimate of drug-likeness (QED) is 0.803. The zero-order chi connectivity index (χ0) is 12.1. The normalized spacial score (nSPS) is 9.88. The average molecular weight is 226 g/mol. The van der Waals surface area contributed by atoms with Gasteiger partial charge in [0, 0.05) is 24.3 Å². The number of nitriles is 1. The summed E-state index contributed by atoms with van der Waals surface area (Å²) in [5.41, 5.74) is 2.96. The number of hydrogen-bond acceptors (Lipinski definition) is 3. The second-order valence-corrected chi connectivity index (χ2v) is 3.80. The van der Waals surface area contributed by atoms with Crippen molar-refractivity contribution >= 4 is 5.69 Å². The van der Waals surface area contributed by atoms with Crippen LogP contribution in [-0.4, -0.2) is 6.54 Å². The van der Waals surface area contributed by atoms with Gasteiger partial charge in [-0.15, -0.1) is 0 Å². The Labute approximate surface area is 101 Å². The molecular formula is C14H14N2O. The van der Waals surface area contributed by atoms with Crippen molar-refractivity contribution < 1.29 is 4.42 Å². The Balaban J connectivity index is 2.14. The first kappa shape index (κ1) is 11.3. The van der Waals surface area contributed by atoms with E-state index in [1.807, 2.05) is 30.3 Å². The molecule has 0 atom stereocenters. The molecule has 3 heteroatoms. The third-order valence-corrected chi connectivity index (χ3v) is 2.70. The van der Waals surface area contributed by atoms with Crippen LogP contribution in [0.1, 0.15) is 18.1 Å². The Kier molecular flexibility index (Phi) is 3.46. The van der Waals surface area contributed by atoms with Gasteiger partial charge < -0.3 is 9.32 Å². The van der Waals surface area contributed by atoms with Crippen molar-refractivity contribution in [2.75, 3.05) is 11.4 Å². The fourth-order valence-electron chi connectivity index (χ4n) is 1.74. The second-order valence-electron chi connectivity index (χ2n) is 3.80. The van der Waals surface area contributed by atoms with Crippen molar-refractivity contribution in [1.82, 2.24) is 0 Å². The molecule has 0 aliphatic rings. The third kappa shape index (κ3) is 2.67. The number of furan rings is 1. The minimum atomic E-state index is 0.688. The second kappa shape index (κ2) is 5.22. The summed E-state index contributed by atoms with van der Waals surface area (Å²) in [6.07, 6.45) is 3.44. The molecule has 0 amide bonds. The zero-order valence-electron chi connectivity index (χ0n) is 9.76. The largest absolute Gasteiger partial charge is 0.472 e. The van der Waals surface area contributed by atoms with E-state index in [2.05, 4.69) is 17.9 Å². The first-order valence-corrected chi connectivity index (χ1v) is 5.59. The van der Waals surface area contributed by atoms with Crippen molar-refractivity contribution in [3.05, 3.63) is 54.0 Å². The molecule has 86 valence electrons. The molecule has 0 radical (unpaired) electrons. The maximum Gasteiger partial charge on any atom is 0.0991 e. The van der Waals surface area contributed by atoms with Crippen molar-refractivity contribution in [2.24, 2.45) is 0 Å². The van der Waals surface area contributed by atoms with E-state index in [1.165, 1.54) is 0 Å². The predicted octanol–water partition coefficient (Wildman–Crippen LogP) is 3.18. The Morgan fingerprint density at radius 1 is 1.24 bits per heavy atom. The fraction of sp³-hybridized carbons (Fsp3) is 0.214. The molecule has 0 aliphatic heterocycles. The minimum absolute atomic E-state index is 0.688. The third-order valence-electron chi connectivity index (χ3n) is 2.70. The SMILES string of the molecule is CCN(Cc1ccoc1)c1ccc(C#N)cc1. The van der Waals surface area contributed by atoms with Crippen LogP contribution in [0.3, 0.4) is 0 Å². The van der Waals surface area contributed by atoms with Crippen LogP contribution in [0.25, 0.3) is 0 Å². The van der Waals surface area contributed by atoms with Crippen LogP contribution >= 0.6 is 0 Å². The monoisotopic (exact) mass is 226 g/mol. The maximum absolute atomic E-state index is 8.76. The van der Waals surface area contributed by atoms with Crippen LogP contribution in [0.15, 0.2) is 47.3 Å². The molecule has 0 N–H and O–H groups in total. The van der Waals surface area contributed by atoms with E-state index < -0.39 is 0 Å². The number of hydrogen-bond donors (Lipinski definition) is 0. The first-order valence-electron chi connectivity index (χ1n) is 5.59. The van der Waals surface area contributed by atoms with Crippen LogP contribution in [-0.2, 0) is 6.54 Å². The van der Waals surface area contributed by atoms with Gasteiger partial charge in [-0.25, -0.2) is 0 Å². The van der Waals surface area contributed by atoms with E-state index in [4.69, 9.17) is 9.68 Å². The van der Waals surface area contributed by atoms with Gasteiger partial charge in [0.2, 0.25) is 0 Å². The zero-order valence-corrected chi connectivity index (χ0v) is 9.76. The van der Waals surface area contributed by atoms with Gasteiger partial charge in [-0.3, -0.25) is 0 Å². The molecule has 1 aromatic heterocycles. The molecule has 0 unspecified atom stereocenters. The number of anilines is 1. The lowest BCUT2D eigenvalue weighted by Crippen LogP contribution is -2.21. The van der Waals surface area contributed by atoms with Crippen LogP contribution in [0.4, 0.5) is 5.69 Å². The molecule has 0 saturated heterocycles. The van der Waals surface area contributed by atoms with Crippen LogP contribution < -0.4 is 4.90 Å². The summed E-state index contributed by atoms with van der Waals surface area (Å²) >= 11 is 0. The molecule has 1 heterocycles. The molecule has 2 aromatic rings. The van der Waals surface area contributed by atoms with E-state index in [0.29, 0.717) is 5.56 Å². The lowest BCUT2D eigenvalue weighted by Gasteiger charge is -2.22. The Bertz CT molecular complexity index is 494.